The molecule has 1 atom stereocenters. The number of hydrogen-bond donors (Lipinski definition) is 1. The van der Waals surface area contributed by atoms with Crippen LogP contribution in [0.3, 0.4) is 0 Å². The first-order valence-electron chi connectivity index (χ1n) is 6.87. The number of rotatable bonds is 2. The van der Waals surface area contributed by atoms with E-state index in [0.29, 0.717) is 5.82 Å². The Bertz CT molecular complexity index is 860. The van der Waals surface area contributed by atoms with Crippen molar-refractivity contribution < 1.29 is 4.79 Å². The molecule has 0 bridgehead atoms. The molecule has 0 spiro atoms. The second-order valence-electron chi connectivity index (χ2n) is 5.06. The van der Waals surface area contributed by atoms with Crippen molar-refractivity contribution in [3.8, 4) is 22.0 Å². The summed E-state index contributed by atoms with van der Waals surface area (Å²) in [7, 11) is 0. The Balaban J connectivity index is 1.85. The third-order valence-corrected chi connectivity index (χ3v) is 4.44. The van der Waals surface area contributed by atoms with Crippen molar-refractivity contribution in [2.45, 2.75) is 13.0 Å². The van der Waals surface area contributed by atoms with Crippen LogP contribution in [-0.2, 0) is 4.79 Å². The van der Waals surface area contributed by atoms with E-state index in [9.17, 15) is 4.79 Å². The summed E-state index contributed by atoms with van der Waals surface area (Å²) in [5, 5.41) is 2.92. The zero-order valence-electron chi connectivity index (χ0n) is 11.8. The molecule has 2 heterocycles. The molecule has 1 aromatic carbocycles. The molecule has 0 aliphatic heterocycles. The van der Waals surface area contributed by atoms with Gasteiger partial charge in [-0.25, -0.2) is 15.0 Å². The van der Waals surface area contributed by atoms with Crippen LogP contribution in [0.25, 0.3) is 22.0 Å². The monoisotopic (exact) mass is 308 g/mol. The second kappa shape index (κ2) is 4.99. The average Bonchev–Trinajstić information content (AvgIpc) is 3.11. The van der Waals surface area contributed by atoms with Crippen LogP contribution in [0.4, 0.5) is 0 Å². The highest BCUT2D eigenvalue weighted by Crippen LogP contribution is 2.44. The van der Waals surface area contributed by atoms with Gasteiger partial charge in [0.25, 0.3) is 0 Å². The predicted octanol–water partition coefficient (Wildman–Crippen LogP) is 2.81. The van der Waals surface area contributed by atoms with Gasteiger partial charge in [0.05, 0.1) is 21.8 Å². The van der Waals surface area contributed by atoms with Crippen molar-refractivity contribution in [2.24, 2.45) is 0 Å². The van der Waals surface area contributed by atoms with Crippen LogP contribution < -0.4 is 5.32 Å². The van der Waals surface area contributed by atoms with Gasteiger partial charge in [-0.15, -0.1) is 11.3 Å². The quantitative estimate of drug-likeness (QED) is 0.790. The lowest BCUT2D eigenvalue weighted by Crippen LogP contribution is -2.25. The Hall–Kier alpha value is -2.60. The Kier molecular flexibility index (Phi) is 2.97. The number of aromatic nitrogens is 3. The normalized spacial score (nSPS) is 15.2. The van der Waals surface area contributed by atoms with E-state index in [4.69, 9.17) is 4.98 Å². The minimum absolute atomic E-state index is 0.0936. The van der Waals surface area contributed by atoms with Gasteiger partial charge in [-0.05, 0) is 0 Å². The maximum absolute atomic E-state index is 11.5. The molecule has 0 saturated heterocycles. The number of benzene rings is 1. The molecule has 1 unspecified atom stereocenters. The van der Waals surface area contributed by atoms with Crippen LogP contribution in [0.1, 0.15) is 24.2 Å². The molecular formula is C16H12N4OS. The minimum Gasteiger partial charge on any atom is -0.344 e. The Morgan fingerprint density at radius 3 is 2.82 bits per heavy atom. The van der Waals surface area contributed by atoms with Gasteiger partial charge in [0.1, 0.15) is 6.04 Å². The number of carbonyl (C=O) groups excluding carboxylic acids is 1. The number of amides is 1. The Labute approximate surface area is 131 Å². The van der Waals surface area contributed by atoms with E-state index in [1.807, 2.05) is 30.3 Å². The van der Waals surface area contributed by atoms with Crippen LogP contribution in [0.2, 0.25) is 0 Å². The maximum atomic E-state index is 11.5. The molecule has 0 fully saturated rings. The molecule has 22 heavy (non-hydrogen) atoms. The van der Waals surface area contributed by atoms with E-state index in [0.717, 1.165) is 27.4 Å². The van der Waals surface area contributed by atoms with E-state index in [2.05, 4.69) is 15.3 Å². The highest BCUT2D eigenvalue weighted by molar-refractivity contribution is 7.13. The molecule has 1 aliphatic carbocycles. The van der Waals surface area contributed by atoms with Gasteiger partial charge >= 0.3 is 0 Å². The van der Waals surface area contributed by atoms with Gasteiger partial charge in [-0.3, -0.25) is 4.79 Å². The highest BCUT2D eigenvalue weighted by Gasteiger charge is 2.34. The number of hydrogen-bond acceptors (Lipinski definition) is 5. The highest BCUT2D eigenvalue weighted by atomic mass is 32.1. The fourth-order valence-electron chi connectivity index (χ4n) is 2.64. The molecule has 1 aliphatic rings. The molecule has 5 nitrogen and oxygen atoms in total. The summed E-state index contributed by atoms with van der Waals surface area (Å²) >= 11 is 1.54. The molecule has 2 aromatic heterocycles. The predicted molar refractivity (Wildman–Crippen MR) is 84.2 cm³/mol. The van der Waals surface area contributed by atoms with Gasteiger partial charge in [-0.2, -0.15) is 0 Å². The Morgan fingerprint density at radius 1 is 1.23 bits per heavy atom. The van der Waals surface area contributed by atoms with Crippen molar-refractivity contribution in [3.05, 3.63) is 53.3 Å². The number of nitrogens with zero attached hydrogens (tertiary/aromatic N) is 3. The minimum atomic E-state index is -0.251. The molecule has 6 heteroatoms. The van der Waals surface area contributed by atoms with E-state index in [1.165, 1.54) is 18.3 Å². The fraction of sp³-hybridized carbons (Fsp3) is 0.125. The number of nitrogens with one attached hydrogen (secondary N) is 1. The number of fused-ring (bicyclic) bond motifs is 3. The van der Waals surface area contributed by atoms with Gasteiger partial charge in [0.2, 0.25) is 5.91 Å². The van der Waals surface area contributed by atoms with Gasteiger partial charge in [-0.1, -0.05) is 30.3 Å². The Morgan fingerprint density at radius 2 is 2.05 bits per heavy atom. The largest absolute Gasteiger partial charge is 0.344 e. The summed E-state index contributed by atoms with van der Waals surface area (Å²) in [6.45, 7) is 1.50. The fourth-order valence-corrected chi connectivity index (χ4v) is 3.48. The molecule has 4 rings (SSSR count). The van der Waals surface area contributed by atoms with Crippen LogP contribution >= 0.6 is 11.3 Å². The van der Waals surface area contributed by atoms with Crippen molar-refractivity contribution >= 4 is 17.2 Å². The molecule has 1 amide bonds. The standard InChI is InChI=1S/C16H12N4OS/c1-9(21)19-12-11-7-17-16(10-5-3-2-4-6-10)20-13(11)15-14(12)18-8-22-15/h2-8,12H,1H3,(H,19,21). The molecule has 0 saturated carbocycles. The van der Waals surface area contributed by atoms with Gasteiger partial charge in [0.15, 0.2) is 5.82 Å². The topological polar surface area (TPSA) is 67.8 Å². The summed E-state index contributed by atoms with van der Waals surface area (Å²) < 4.78 is 0. The van der Waals surface area contributed by atoms with Crippen LogP contribution in [0.15, 0.2) is 42.0 Å². The molecule has 1 N–H and O–H groups in total. The van der Waals surface area contributed by atoms with E-state index in [1.54, 1.807) is 11.7 Å². The second-order valence-corrected chi connectivity index (χ2v) is 5.92. The SMILES string of the molecule is CC(=O)NC1c2cnc(-c3ccccc3)nc2-c2scnc21. The third kappa shape index (κ3) is 2.00. The lowest BCUT2D eigenvalue weighted by Gasteiger charge is -2.12. The lowest BCUT2D eigenvalue weighted by atomic mass is 10.1. The molecule has 0 radical (unpaired) electrons. The molecule has 108 valence electrons. The van der Waals surface area contributed by atoms with E-state index < -0.39 is 0 Å². The first-order chi connectivity index (χ1) is 10.7. The summed E-state index contributed by atoms with van der Waals surface area (Å²) in [4.78, 5) is 26.0. The van der Waals surface area contributed by atoms with Crippen molar-refractivity contribution in [1.29, 1.82) is 0 Å². The molecule has 3 aromatic rings. The first-order valence-corrected chi connectivity index (χ1v) is 7.75. The zero-order chi connectivity index (χ0) is 15.1. The van der Waals surface area contributed by atoms with E-state index >= 15 is 0 Å². The van der Waals surface area contributed by atoms with Crippen molar-refractivity contribution in [1.82, 2.24) is 20.3 Å². The number of carbonyl (C=O) groups is 1. The maximum Gasteiger partial charge on any atom is 0.217 e. The zero-order valence-corrected chi connectivity index (χ0v) is 12.6. The van der Waals surface area contributed by atoms with Gasteiger partial charge < -0.3 is 5.32 Å². The van der Waals surface area contributed by atoms with Crippen molar-refractivity contribution in [2.75, 3.05) is 0 Å². The summed E-state index contributed by atoms with van der Waals surface area (Å²) in [5.41, 5.74) is 5.38. The third-order valence-electron chi connectivity index (χ3n) is 3.59. The summed E-state index contributed by atoms with van der Waals surface area (Å²) in [6.07, 6.45) is 1.79. The molecular weight excluding hydrogens is 296 g/mol. The van der Waals surface area contributed by atoms with E-state index in [-0.39, 0.29) is 11.9 Å². The lowest BCUT2D eigenvalue weighted by molar-refractivity contribution is -0.119. The summed E-state index contributed by atoms with van der Waals surface area (Å²) in [6, 6.07) is 9.60. The first kappa shape index (κ1) is 13.1. The smallest absolute Gasteiger partial charge is 0.217 e. The van der Waals surface area contributed by atoms with Crippen LogP contribution in [-0.4, -0.2) is 20.9 Å². The van der Waals surface area contributed by atoms with Gasteiger partial charge in [0, 0.05) is 24.2 Å². The summed E-state index contributed by atoms with van der Waals surface area (Å²) in [5.74, 6) is 0.589. The van der Waals surface area contributed by atoms with Crippen molar-refractivity contribution in [3.63, 3.8) is 0 Å². The van der Waals surface area contributed by atoms with Crippen LogP contribution in [0, 0.1) is 0 Å². The number of thiazole rings is 1. The van der Waals surface area contributed by atoms with Crippen LogP contribution in [0.5, 0.6) is 0 Å². The average molecular weight is 308 g/mol.